The van der Waals surface area contributed by atoms with Gasteiger partial charge in [-0.1, -0.05) is 58.4 Å². The largest absolute Gasteiger partial charge is 0.469 e. The first-order valence-corrected chi connectivity index (χ1v) is 8.23. The van der Waals surface area contributed by atoms with Gasteiger partial charge in [0.15, 0.2) is 0 Å². The maximum atomic E-state index is 12.2. The summed E-state index contributed by atoms with van der Waals surface area (Å²) in [4.78, 5) is 23.8. The second kappa shape index (κ2) is 9.03. The van der Waals surface area contributed by atoms with Crippen molar-refractivity contribution in [2.24, 2.45) is 0 Å². The van der Waals surface area contributed by atoms with E-state index in [-0.39, 0.29) is 18.3 Å². The quantitative estimate of drug-likeness (QED) is 0.604. The number of halogens is 1. The molecule has 2 aromatic rings. The Bertz CT molecular complexity index is 711. The number of esters is 1. The van der Waals surface area contributed by atoms with Crippen LogP contribution in [0.4, 0.5) is 0 Å². The summed E-state index contributed by atoms with van der Waals surface area (Å²) in [5.74, 6) is -0.647. The highest BCUT2D eigenvalue weighted by atomic mass is 79.9. The van der Waals surface area contributed by atoms with Crippen molar-refractivity contribution >= 4 is 33.9 Å². The van der Waals surface area contributed by atoms with Crippen LogP contribution in [0.25, 0.3) is 6.08 Å². The van der Waals surface area contributed by atoms with E-state index in [9.17, 15) is 9.59 Å². The van der Waals surface area contributed by atoms with E-state index in [0.29, 0.717) is 0 Å². The standard InChI is InChI=1S/C19H18BrNO3/c1-24-19(23)13-17(15-8-10-16(20)11-9-15)21-18(22)12-7-14-5-3-2-4-6-14/h2-12,17H,13H2,1H3,(H,21,22)/b12-7+. The smallest absolute Gasteiger partial charge is 0.307 e. The summed E-state index contributed by atoms with van der Waals surface area (Å²) >= 11 is 3.37. The van der Waals surface area contributed by atoms with E-state index in [1.807, 2.05) is 54.6 Å². The van der Waals surface area contributed by atoms with Gasteiger partial charge in [-0.2, -0.15) is 0 Å². The van der Waals surface area contributed by atoms with Crippen LogP contribution in [0.15, 0.2) is 65.1 Å². The number of hydrogen-bond acceptors (Lipinski definition) is 3. The van der Waals surface area contributed by atoms with Gasteiger partial charge in [0, 0.05) is 10.5 Å². The zero-order valence-corrected chi connectivity index (χ0v) is 14.8. The minimum atomic E-state index is -0.446. The zero-order chi connectivity index (χ0) is 17.4. The van der Waals surface area contributed by atoms with Gasteiger partial charge in [0.05, 0.1) is 19.6 Å². The van der Waals surface area contributed by atoms with Gasteiger partial charge in [0.1, 0.15) is 0 Å². The topological polar surface area (TPSA) is 55.4 Å². The second-order valence-corrected chi connectivity index (χ2v) is 6.05. The van der Waals surface area contributed by atoms with Crippen LogP contribution in [0.3, 0.4) is 0 Å². The van der Waals surface area contributed by atoms with E-state index in [1.54, 1.807) is 6.08 Å². The predicted molar refractivity (Wildman–Crippen MR) is 97.1 cm³/mol. The molecular weight excluding hydrogens is 370 g/mol. The number of nitrogens with one attached hydrogen (secondary N) is 1. The third-order valence-corrected chi connectivity index (χ3v) is 3.94. The first kappa shape index (κ1) is 17.9. The van der Waals surface area contributed by atoms with Crippen LogP contribution in [0.2, 0.25) is 0 Å². The van der Waals surface area contributed by atoms with Crippen molar-refractivity contribution in [1.82, 2.24) is 5.32 Å². The van der Waals surface area contributed by atoms with Crippen molar-refractivity contribution in [2.75, 3.05) is 7.11 Å². The van der Waals surface area contributed by atoms with Gasteiger partial charge in [-0.25, -0.2) is 0 Å². The van der Waals surface area contributed by atoms with Crippen LogP contribution in [0, 0.1) is 0 Å². The lowest BCUT2D eigenvalue weighted by Crippen LogP contribution is -2.29. The Morgan fingerprint density at radius 3 is 2.42 bits per heavy atom. The summed E-state index contributed by atoms with van der Waals surface area (Å²) < 4.78 is 5.65. The molecule has 5 heteroatoms. The molecule has 4 nitrogen and oxygen atoms in total. The number of hydrogen-bond donors (Lipinski definition) is 1. The summed E-state index contributed by atoms with van der Waals surface area (Å²) in [6, 6.07) is 16.5. The van der Waals surface area contributed by atoms with E-state index >= 15 is 0 Å². The predicted octanol–water partition coefficient (Wildman–Crippen LogP) is 3.88. The summed E-state index contributed by atoms with van der Waals surface area (Å²) in [6.07, 6.45) is 3.26. The lowest BCUT2D eigenvalue weighted by molar-refractivity contribution is -0.141. The van der Waals surface area contributed by atoms with E-state index in [1.165, 1.54) is 13.2 Å². The summed E-state index contributed by atoms with van der Waals surface area (Å²) in [6.45, 7) is 0. The van der Waals surface area contributed by atoms with Gasteiger partial charge < -0.3 is 10.1 Å². The van der Waals surface area contributed by atoms with Crippen LogP contribution >= 0.6 is 15.9 Å². The van der Waals surface area contributed by atoms with Crippen molar-refractivity contribution in [3.63, 3.8) is 0 Å². The molecule has 1 atom stereocenters. The number of carbonyl (C=O) groups is 2. The minimum Gasteiger partial charge on any atom is -0.469 e. The molecule has 0 aliphatic rings. The fourth-order valence-corrected chi connectivity index (χ4v) is 2.42. The number of amides is 1. The highest BCUT2D eigenvalue weighted by Crippen LogP contribution is 2.20. The molecule has 0 bridgehead atoms. The van der Waals surface area contributed by atoms with Gasteiger partial charge in [0.25, 0.3) is 0 Å². The van der Waals surface area contributed by atoms with Crippen LogP contribution in [0.5, 0.6) is 0 Å². The molecule has 1 amide bonds. The molecule has 2 aromatic carbocycles. The second-order valence-electron chi connectivity index (χ2n) is 5.14. The maximum absolute atomic E-state index is 12.2. The normalized spacial score (nSPS) is 11.9. The molecule has 0 spiro atoms. The van der Waals surface area contributed by atoms with Gasteiger partial charge in [-0.05, 0) is 29.3 Å². The molecule has 0 saturated carbocycles. The fraction of sp³-hybridized carbons (Fsp3) is 0.158. The monoisotopic (exact) mass is 387 g/mol. The number of carbonyl (C=O) groups excluding carboxylic acids is 2. The molecule has 0 aromatic heterocycles. The number of benzene rings is 2. The van der Waals surface area contributed by atoms with E-state index < -0.39 is 6.04 Å². The Kier molecular flexibility index (Phi) is 6.75. The minimum absolute atomic E-state index is 0.0725. The average molecular weight is 388 g/mol. The van der Waals surface area contributed by atoms with Crippen molar-refractivity contribution in [2.45, 2.75) is 12.5 Å². The average Bonchev–Trinajstić information content (AvgIpc) is 2.61. The maximum Gasteiger partial charge on any atom is 0.307 e. The van der Waals surface area contributed by atoms with Gasteiger partial charge in [-0.15, -0.1) is 0 Å². The molecule has 124 valence electrons. The fourth-order valence-electron chi connectivity index (χ4n) is 2.15. The molecule has 2 rings (SSSR count). The van der Waals surface area contributed by atoms with Crippen molar-refractivity contribution < 1.29 is 14.3 Å². The summed E-state index contributed by atoms with van der Waals surface area (Å²) in [7, 11) is 1.33. The number of rotatable bonds is 6. The molecule has 1 unspecified atom stereocenters. The Hall–Kier alpha value is -2.40. The Morgan fingerprint density at radius 1 is 1.12 bits per heavy atom. The van der Waals surface area contributed by atoms with Crippen molar-refractivity contribution in [1.29, 1.82) is 0 Å². The van der Waals surface area contributed by atoms with Crippen molar-refractivity contribution in [3.8, 4) is 0 Å². The Morgan fingerprint density at radius 2 is 1.79 bits per heavy atom. The molecule has 0 saturated heterocycles. The van der Waals surface area contributed by atoms with E-state index in [2.05, 4.69) is 21.2 Å². The molecule has 0 radical (unpaired) electrons. The molecule has 1 N–H and O–H groups in total. The lowest BCUT2D eigenvalue weighted by atomic mass is 10.0. The summed E-state index contributed by atoms with van der Waals surface area (Å²) in [5, 5.41) is 2.85. The molecular formula is C19H18BrNO3. The highest BCUT2D eigenvalue weighted by Gasteiger charge is 2.18. The van der Waals surface area contributed by atoms with Crippen molar-refractivity contribution in [3.05, 3.63) is 76.3 Å². The first-order valence-electron chi connectivity index (χ1n) is 7.44. The van der Waals surface area contributed by atoms with Crippen LogP contribution < -0.4 is 5.32 Å². The number of ether oxygens (including phenoxy) is 1. The molecule has 0 aliphatic carbocycles. The van der Waals surface area contributed by atoms with Gasteiger partial charge >= 0.3 is 5.97 Å². The lowest BCUT2D eigenvalue weighted by Gasteiger charge is -2.17. The molecule has 0 fully saturated rings. The van der Waals surface area contributed by atoms with Crippen LogP contribution in [-0.4, -0.2) is 19.0 Å². The molecule has 0 heterocycles. The first-order chi connectivity index (χ1) is 11.6. The Labute approximate surface area is 149 Å². The van der Waals surface area contributed by atoms with Crippen LogP contribution in [0.1, 0.15) is 23.6 Å². The SMILES string of the molecule is COC(=O)CC(NC(=O)/C=C/c1ccccc1)c1ccc(Br)cc1. The molecule has 24 heavy (non-hydrogen) atoms. The van der Waals surface area contributed by atoms with E-state index in [4.69, 9.17) is 4.74 Å². The van der Waals surface area contributed by atoms with Gasteiger partial charge in [-0.3, -0.25) is 9.59 Å². The van der Waals surface area contributed by atoms with E-state index in [0.717, 1.165) is 15.6 Å². The highest BCUT2D eigenvalue weighted by molar-refractivity contribution is 9.10. The Balaban J connectivity index is 2.09. The molecule has 0 aliphatic heterocycles. The van der Waals surface area contributed by atoms with Gasteiger partial charge in [0.2, 0.25) is 5.91 Å². The summed E-state index contributed by atoms with van der Waals surface area (Å²) in [5.41, 5.74) is 1.77. The third kappa shape index (κ3) is 5.66. The third-order valence-electron chi connectivity index (χ3n) is 3.41. The van der Waals surface area contributed by atoms with Crippen LogP contribution in [-0.2, 0) is 14.3 Å². The zero-order valence-electron chi connectivity index (χ0n) is 13.2. The number of methoxy groups -OCH3 is 1.